The van der Waals surface area contributed by atoms with E-state index in [4.69, 9.17) is 22.3 Å². The third-order valence-corrected chi connectivity index (χ3v) is 2.36. The SMILES string of the molecule is CC/C=C\C(=NC(C)Cl)S(=O)(=O)Cl. The van der Waals surface area contributed by atoms with Crippen LogP contribution < -0.4 is 0 Å². The molecule has 0 heterocycles. The fraction of sp³-hybridized carbons (Fsp3) is 0.571. The van der Waals surface area contributed by atoms with Gasteiger partial charge in [0, 0.05) is 10.7 Å². The topological polar surface area (TPSA) is 46.5 Å². The Balaban J connectivity index is 4.89. The number of hydrogen-bond donors (Lipinski definition) is 0. The lowest BCUT2D eigenvalue weighted by Gasteiger charge is -1.97. The van der Waals surface area contributed by atoms with Crippen molar-refractivity contribution < 1.29 is 8.42 Å². The molecule has 0 rings (SSSR count). The van der Waals surface area contributed by atoms with Crippen molar-refractivity contribution in [1.29, 1.82) is 0 Å². The van der Waals surface area contributed by atoms with Gasteiger partial charge in [-0.15, -0.1) is 0 Å². The molecule has 0 radical (unpaired) electrons. The molecule has 0 aromatic rings. The zero-order chi connectivity index (χ0) is 10.5. The summed E-state index contributed by atoms with van der Waals surface area (Å²) in [5, 5.41) is -0.196. The Kier molecular flexibility index (Phi) is 5.60. The highest BCUT2D eigenvalue weighted by Crippen LogP contribution is 2.07. The van der Waals surface area contributed by atoms with E-state index in [0.29, 0.717) is 6.42 Å². The molecule has 0 amide bonds. The van der Waals surface area contributed by atoms with E-state index in [-0.39, 0.29) is 5.04 Å². The number of allylic oxidation sites excluding steroid dienone is 1. The van der Waals surface area contributed by atoms with Gasteiger partial charge < -0.3 is 0 Å². The van der Waals surface area contributed by atoms with Gasteiger partial charge in [0.05, 0.1) is 0 Å². The van der Waals surface area contributed by atoms with Crippen molar-refractivity contribution in [2.24, 2.45) is 4.99 Å². The molecular weight excluding hydrogens is 233 g/mol. The van der Waals surface area contributed by atoms with E-state index >= 15 is 0 Å². The Morgan fingerprint density at radius 1 is 1.62 bits per heavy atom. The quantitative estimate of drug-likeness (QED) is 0.252. The Labute approximate surface area is 87.9 Å². The van der Waals surface area contributed by atoms with E-state index in [2.05, 4.69) is 4.99 Å². The van der Waals surface area contributed by atoms with Gasteiger partial charge in [-0.2, -0.15) is 0 Å². The fourth-order valence-corrected chi connectivity index (χ4v) is 1.56. The molecule has 0 spiro atoms. The van der Waals surface area contributed by atoms with Crippen molar-refractivity contribution >= 4 is 36.4 Å². The zero-order valence-corrected chi connectivity index (χ0v) is 9.70. The Bertz CT molecular complexity index is 306. The summed E-state index contributed by atoms with van der Waals surface area (Å²) in [5.41, 5.74) is -0.606. The molecule has 13 heavy (non-hydrogen) atoms. The first-order valence-electron chi connectivity index (χ1n) is 3.71. The van der Waals surface area contributed by atoms with Crippen LogP contribution in [0.4, 0.5) is 0 Å². The molecule has 0 aliphatic heterocycles. The summed E-state index contributed by atoms with van der Waals surface area (Å²) in [5.74, 6) is 0. The van der Waals surface area contributed by atoms with Gasteiger partial charge in [-0.3, -0.25) is 4.99 Å². The van der Waals surface area contributed by atoms with Crippen LogP contribution in [0.2, 0.25) is 0 Å². The summed E-state index contributed by atoms with van der Waals surface area (Å²) in [7, 11) is 1.33. The second-order valence-corrected chi connectivity index (χ2v) is 5.43. The van der Waals surface area contributed by atoms with E-state index in [0.717, 1.165) is 0 Å². The van der Waals surface area contributed by atoms with Crippen LogP contribution in [0, 0.1) is 0 Å². The molecule has 76 valence electrons. The van der Waals surface area contributed by atoms with Crippen molar-refractivity contribution in [3.63, 3.8) is 0 Å². The van der Waals surface area contributed by atoms with Crippen molar-refractivity contribution in [2.75, 3.05) is 0 Å². The average Bonchev–Trinajstić information content (AvgIpc) is 1.95. The monoisotopic (exact) mass is 243 g/mol. The molecule has 0 N–H and O–H groups in total. The molecule has 6 heteroatoms. The van der Waals surface area contributed by atoms with Gasteiger partial charge in [0.2, 0.25) is 0 Å². The van der Waals surface area contributed by atoms with Crippen LogP contribution >= 0.6 is 22.3 Å². The van der Waals surface area contributed by atoms with Crippen molar-refractivity contribution in [2.45, 2.75) is 25.8 Å². The molecule has 1 unspecified atom stereocenters. The first-order valence-corrected chi connectivity index (χ1v) is 6.45. The summed E-state index contributed by atoms with van der Waals surface area (Å²) in [6.07, 6.45) is 3.71. The maximum absolute atomic E-state index is 10.9. The van der Waals surface area contributed by atoms with Gasteiger partial charge in [0.1, 0.15) is 5.50 Å². The molecule has 0 aromatic carbocycles. The predicted molar refractivity (Wildman–Crippen MR) is 57.0 cm³/mol. The molecule has 0 aliphatic rings. The van der Waals surface area contributed by atoms with E-state index < -0.39 is 14.6 Å². The normalized spacial score (nSPS) is 16.5. The molecule has 0 aromatic heterocycles. The van der Waals surface area contributed by atoms with Crippen molar-refractivity contribution in [3.8, 4) is 0 Å². The van der Waals surface area contributed by atoms with E-state index in [9.17, 15) is 8.42 Å². The molecule has 0 saturated heterocycles. The van der Waals surface area contributed by atoms with Crippen molar-refractivity contribution in [3.05, 3.63) is 12.2 Å². The lowest BCUT2D eigenvalue weighted by atomic mass is 10.4. The van der Waals surface area contributed by atoms with E-state index in [1.165, 1.54) is 6.08 Å². The van der Waals surface area contributed by atoms with Crippen LogP contribution in [0.15, 0.2) is 17.1 Å². The van der Waals surface area contributed by atoms with Gasteiger partial charge in [0.15, 0.2) is 5.04 Å². The maximum Gasteiger partial charge on any atom is 0.278 e. The molecule has 3 nitrogen and oxygen atoms in total. The first kappa shape index (κ1) is 12.9. The molecule has 1 atom stereocenters. The highest BCUT2D eigenvalue weighted by Gasteiger charge is 2.13. The van der Waals surface area contributed by atoms with Crippen molar-refractivity contribution in [1.82, 2.24) is 0 Å². The Hall–Kier alpha value is -0.0600. The summed E-state index contributed by atoms with van der Waals surface area (Å²) in [6, 6.07) is 0. The molecule has 0 fully saturated rings. The van der Waals surface area contributed by atoms with E-state index in [1.807, 2.05) is 6.92 Å². The Morgan fingerprint density at radius 3 is 2.46 bits per heavy atom. The van der Waals surface area contributed by atoms with Gasteiger partial charge >= 0.3 is 0 Å². The maximum atomic E-state index is 10.9. The molecule has 0 aliphatic carbocycles. The Morgan fingerprint density at radius 2 is 2.15 bits per heavy atom. The van der Waals surface area contributed by atoms with Crippen LogP contribution in [-0.2, 0) is 9.05 Å². The average molecular weight is 244 g/mol. The third kappa shape index (κ3) is 6.07. The van der Waals surface area contributed by atoms with Crippen LogP contribution in [0.25, 0.3) is 0 Å². The smallest absolute Gasteiger partial charge is 0.253 e. The number of alkyl halides is 1. The second kappa shape index (κ2) is 5.62. The number of nitrogens with zero attached hydrogens (tertiary/aromatic N) is 1. The lowest BCUT2D eigenvalue weighted by molar-refractivity contribution is 0.619. The van der Waals surface area contributed by atoms with E-state index in [1.54, 1.807) is 13.0 Å². The second-order valence-electron chi connectivity index (χ2n) is 2.29. The van der Waals surface area contributed by atoms with Crippen LogP contribution in [-0.4, -0.2) is 19.0 Å². The lowest BCUT2D eigenvalue weighted by Crippen LogP contribution is -2.07. The summed E-state index contributed by atoms with van der Waals surface area (Å²) in [4.78, 5) is 3.66. The largest absolute Gasteiger partial charge is 0.278 e. The fourth-order valence-electron chi connectivity index (χ4n) is 0.581. The van der Waals surface area contributed by atoms with Gasteiger partial charge in [-0.1, -0.05) is 24.6 Å². The first-order chi connectivity index (χ1) is 5.88. The standard InChI is InChI=1S/C7H11Cl2NO2S/c1-3-4-5-7(10-6(2)8)13(9,11)12/h4-6H,3H2,1-2H3/b5-4-,10-7?. The van der Waals surface area contributed by atoms with Crippen LogP contribution in [0.5, 0.6) is 0 Å². The van der Waals surface area contributed by atoms with Gasteiger partial charge in [0.25, 0.3) is 9.05 Å². The molecular formula is C7H11Cl2NO2S. The van der Waals surface area contributed by atoms with Crippen LogP contribution in [0.1, 0.15) is 20.3 Å². The molecule has 0 bridgehead atoms. The zero-order valence-electron chi connectivity index (χ0n) is 7.37. The highest BCUT2D eigenvalue weighted by atomic mass is 35.7. The minimum absolute atomic E-state index is 0.196. The minimum atomic E-state index is -3.78. The van der Waals surface area contributed by atoms with Gasteiger partial charge in [-0.05, 0) is 19.4 Å². The number of halogens is 2. The van der Waals surface area contributed by atoms with Gasteiger partial charge in [-0.25, -0.2) is 8.42 Å². The molecule has 0 saturated carbocycles. The number of rotatable bonds is 3. The minimum Gasteiger partial charge on any atom is -0.253 e. The summed E-state index contributed by atoms with van der Waals surface area (Å²) < 4.78 is 21.8. The number of aliphatic imine (C=N–C) groups is 1. The number of hydrogen-bond acceptors (Lipinski definition) is 3. The predicted octanol–water partition coefficient (Wildman–Crippen LogP) is 2.50. The van der Waals surface area contributed by atoms with Crippen LogP contribution in [0.3, 0.4) is 0 Å². The summed E-state index contributed by atoms with van der Waals surface area (Å²) >= 11 is 5.51. The summed E-state index contributed by atoms with van der Waals surface area (Å²) in [6.45, 7) is 3.43. The third-order valence-electron chi connectivity index (χ3n) is 1.05. The highest BCUT2D eigenvalue weighted by molar-refractivity contribution is 8.26.